The Labute approximate surface area is 95.5 Å². The van der Waals surface area contributed by atoms with E-state index in [1.807, 2.05) is 44.2 Å². The van der Waals surface area contributed by atoms with Crippen LogP contribution in [-0.4, -0.2) is 12.5 Å². The molecule has 2 aromatic rings. The average Bonchev–Trinajstić information content (AvgIpc) is 2.30. The minimum atomic E-state index is 0.170. The molecule has 0 radical (unpaired) electrons. The lowest BCUT2D eigenvalue weighted by Gasteiger charge is -2.23. The van der Waals surface area contributed by atoms with Gasteiger partial charge in [-0.3, -0.25) is 4.79 Å². The molecule has 0 spiro atoms. The second-order valence-corrected chi connectivity index (χ2v) is 4.10. The number of carbonyl (C=O) groups excluding carboxylic acids is 1. The molecule has 0 saturated carbocycles. The van der Waals surface area contributed by atoms with Gasteiger partial charge in [0.1, 0.15) is 0 Å². The smallest absolute Gasteiger partial charge is 0.214 e. The van der Waals surface area contributed by atoms with Gasteiger partial charge in [-0.05, 0) is 25.3 Å². The molecule has 0 N–H and O–H groups in total. The molecule has 2 rings (SSSR count). The van der Waals surface area contributed by atoms with Crippen LogP contribution in [0.5, 0.6) is 0 Å². The van der Waals surface area contributed by atoms with Crippen LogP contribution in [0.15, 0.2) is 42.5 Å². The van der Waals surface area contributed by atoms with Crippen molar-refractivity contribution in [3.63, 3.8) is 0 Å². The Morgan fingerprint density at radius 2 is 1.75 bits per heavy atom. The summed E-state index contributed by atoms with van der Waals surface area (Å²) >= 11 is 0. The predicted molar refractivity (Wildman–Crippen MR) is 67.6 cm³/mol. The highest BCUT2D eigenvalue weighted by Gasteiger charge is 2.11. The van der Waals surface area contributed by atoms with Crippen molar-refractivity contribution in [1.82, 2.24) is 0 Å². The highest BCUT2D eigenvalue weighted by atomic mass is 16.1. The highest BCUT2D eigenvalue weighted by molar-refractivity contribution is 5.98. The summed E-state index contributed by atoms with van der Waals surface area (Å²) in [4.78, 5) is 12.9. The molecular weight excluding hydrogens is 198 g/mol. The van der Waals surface area contributed by atoms with Crippen LogP contribution in [0.2, 0.25) is 0 Å². The fourth-order valence-corrected chi connectivity index (χ4v) is 1.89. The first-order valence-corrected chi connectivity index (χ1v) is 5.45. The molecule has 82 valence electrons. The SMILES string of the molecule is CC(C)N(C=O)c1cccc2ccccc12. The zero-order valence-corrected chi connectivity index (χ0v) is 9.55. The number of fused-ring (bicyclic) bond motifs is 1. The van der Waals surface area contributed by atoms with Gasteiger partial charge in [-0.2, -0.15) is 0 Å². The van der Waals surface area contributed by atoms with E-state index < -0.39 is 0 Å². The Balaban J connectivity index is 2.63. The molecule has 0 fully saturated rings. The van der Waals surface area contributed by atoms with Gasteiger partial charge in [0.15, 0.2) is 0 Å². The normalized spacial score (nSPS) is 10.7. The molecular formula is C14H15NO. The molecule has 2 aromatic carbocycles. The Hall–Kier alpha value is -1.83. The molecule has 1 amide bonds. The monoisotopic (exact) mass is 213 g/mol. The molecule has 0 aliphatic carbocycles. The summed E-state index contributed by atoms with van der Waals surface area (Å²) in [5.74, 6) is 0. The summed E-state index contributed by atoms with van der Waals surface area (Å²) in [6, 6.07) is 14.3. The third-order valence-corrected chi connectivity index (χ3v) is 2.71. The third kappa shape index (κ3) is 1.78. The number of nitrogens with zero attached hydrogens (tertiary/aromatic N) is 1. The molecule has 0 aliphatic rings. The molecule has 0 aliphatic heterocycles. The Kier molecular flexibility index (Phi) is 2.91. The number of hydrogen-bond donors (Lipinski definition) is 0. The number of anilines is 1. The van der Waals surface area contributed by atoms with Crippen LogP contribution in [0.3, 0.4) is 0 Å². The van der Waals surface area contributed by atoms with E-state index in [-0.39, 0.29) is 6.04 Å². The van der Waals surface area contributed by atoms with Gasteiger partial charge in [-0.25, -0.2) is 0 Å². The lowest BCUT2D eigenvalue weighted by Crippen LogP contribution is -2.29. The highest BCUT2D eigenvalue weighted by Crippen LogP contribution is 2.26. The fourth-order valence-electron chi connectivity index (χ4n) is 1.89. The fraction of sp³-hybridized carbons (Fsp3) is 0.214. The minimum absolute atomic E-state index is 0.170. The quantitative estimate of drug-likeness (QED) is 0.717. The predicted octanol–water partition coefficient (Wildman–Crippen LogP) is 3.21. The van der Waals surface area contributed by atoms with Crippen molar-refractivity contribution in [3.8, 4) is 0 Å². The van der Waals surface area contributed by atoms with E-state index in [2.05, 4.69) is 12.1 Å². The summed E-state index contributed by atoms with van der Waals surface area (Å²) < 4.78 is 0. The van der Waals surface area contributed by atoms with E-state index in [1.54, 1.807) is 4.90 Å². The van der Waals surface area contributed by atoms with Gasteiger partial charge in [0.2, 0.25) is 6.41 Å². The minimum Gasteiger partial charge on any atom is -0.312 e. The van der Waals surface area contributed by atoms with E-state index in [0.717, 1.165) is 22.9 Å². The van der Waals surface area contributed by atoms with Gasteiger partial charge in [0.05, 0.1) is 5.69 Å². The van der Waals surface area contributed by atoms with Crippen LogP contribution in [0.4, 0.5) is 5.69 Å². The number of carbonyl (C=O) groups is 1. The van der Waals surface area contributed by atoms with Crippen LogP contribution < -0.4 is 4.90 Å². The first-order chi connectivity index (χ1) is 7.74. The summed E-state index contributed by atoms with van der Waals surface area (Å²) in [7, 11) is 0. The third-order valence-electron chi connectivity index (χ3n) is 2.71. The molecule has 2 heteroatoms. The van der Waals surface area contributed by atoms with Crippen LogP contribution in [0, 0.1) is 0 Å². The number of rotatable bonds is 3. The van der Waals surface area contributed by atoms with Crippen LogP contribution in [0.1, 0.15) is 13.8 Å². The molecule has 16 heavy (non-hydrogen) atoms. The van der Waals surface area contributed by atoms with Crippen molar-refractivity contribution in [1.29, 1.82) is 0 Å². The van der Waals surface area contributed by atoms with Crippen molar-refractivity contribution in [2.45, 2.75) is 19.9 Å². The van der Waals surface area contributed by atoms with Crippen LogP contribution in [0.25, 0.3) is 10.8 Å². The molecule has 0 heterocycles. The summed E-state index contributed by atoms with van der Waals surface area (Å²) in [6.07, 6.45) is 0.895. The second kappa shape index (κ2) is 4.35. The first-order valence-electron chi connectivity index (χ1n) is 5.45. The maximum absolute atomic E-state index is 11.1. The standard InChI is InChI=1S/C14H15NO/c1-11(2)15(10-16)14-9-5-7-12-6-3-4-8-13(12)14/h3-11H,1-2H3. The topological polar surface area (TPSA) is 20.3 Å². The largest absolute Gasteiger partial charge is 0.312 e. The zero-order chi connectivity index (χ0) is 11.5. The Bertz CT molecular complexity index is 500. The molecule has 0 aromatic heterocycles. The average molecular weight is 213 g/mol. The van der Waals surface area contributed by atoms with Crippen molar-refractivity contribution in [2.24, 2.45) is 0 Å². The van der Waals surface area contributed by atoms with Crippen LogP contribution >= 0.6 is 0 Å². The Morgan fingerprint density at radius 3 is 2.44 bits per heavy atom. The molecule has 2 nitrogen and oxygen atoms in total. The van der Waals surface area contributed by atoms with E-state index in [1.165, 1.54) is 0 Å². The van der Waals surface area contributed by atoms with E-state index in [0.29, 0.717) is 0 Å². The first kappa shape index (κ1) is 10.7. The van der Waals surface area contributed by atoms with Gasteiger partial charge in [0.25, 0.3) is 0 Å². The van der Waals surface area contributed by atoms with Gasteiger partial charge in [0, 0.05) is 11.4 Å². The molecule has 0 atom stereocenters. The van der Waals surface area contributed by atoms with Gasteiger partial charge < -0.3 is 4.90 Å². The lowest BCUT2D eigenvalue weighted by molar-refractivity contribution is -0.107. The molecule has 0 saturated heterocycles. The summed E-state index contributed by atoms with van der Waals surface area (Å²) in [6.45, 7) is 4.02. The zero-order valence-electron chi connectivity index (χ0n) is 9.55. The maximum atomic E-state index is 11.1. The van der Waals surface area contributed by atoms with E-state index in [4.69, 9.17) is 0 Å². The number of hydrogen-bond acceptors (Lipinski definition) is 1. The van der Waals surface area contributed by atoms with Gasteiger partial charge in [-0.1, -0.05) is 36.4 Å². The van der Waals surface area contributed by atoms with Crippen molar-refractivity contribution in [3.05, 3.63) is 42.5 Å². The number of benzene rings is 2. The van der Waals surface area contributed by atoms with E-state index in [9.17, 15) is 4.79 Å². The van der Waals surface area contributed by atoms with Crippen LogP contribution in [-0.2, 0) is 4.79 Å². The van der Waals surface area contributed by atoms with E-state index >= 15 is 0 Å². The maximum Gasteiger partial charge on any atom is 0.214 e. The van der Waals surface area contributed by atoms with Crippen molar-refractivity contribution < 1.29 is 4.79 Å². The molecule has 0 unspecified atom stereocenters. The number of amides is 1. The molecule has 0 bridgehead atoms. The Morgan fingerprint density at radius 1 is 1.06 bits per heavy atom. The second-order valence-electron chi connectivity index (χ2n) is 4.10. The summed E-state index contributed by atoms with van der Waals surface area (Å²) in [5, 5.41) is 2.28. The van der Waals surface area contributed by atoms with Gasteiger partial charge >= 0.3 is 0 Å². The van der Waals surface area contributed by atoms with Crippen molar-refractivity contribution in [2.75, 3.05) is 4.90 Å². The van der Waals surface area contributed by atoms with Crippen molar-refractivity contribution >= 4 is 22.9 Å². The van der Waals surface area contributed by atoms with Gasteiger partial charge in [-0.15, -0.1) is 0 Å². The summed E-state index contributed by atoms with van der Waals surface area (Å²) in [5.41, 5.74) is 0.975. The lowest BCUT2D eigenvalue weighted by atomic mass is 10.1.